The van der Waals surface area contributed by atoms with Crippen LogP contribution in [0.2, 0.25) is 0 Å². The Balaban J connectivity index is 1.91. The average molecular weight is 240 g/mol. The Bertz CT molecular complexity index is 275. The van der Waals surface area contributed by atoms with Gasteiger partial charge in [0.25, 0.3) is 0 Å². The molecule has 2 aliphatic heterocycles. The Hall–Kier alpha value is -0.610. The summed E-state index contributed by atoms with van der Waals surface area (Å²) in [6.45, 7) is 5.24. The highest BCUT2D eigenvalue weighted by atomic mass is 16.5. The number of amides is 1. The first kappa shape index (κ1) is 12.8. The van der Waals surface area contributed by atoms with E-state index in [2.05, 4.69) is 6.92 Å². The van der Waals surface area contributed by atoms with Crippen LogP contribution in [0, 0.1) is 5.92 Å². The summed E-state index contributed by atoms with van der Waals surface area (Å²) in [5.74, 6) is 0.840. The van der Waals surface area contributed by atoms with Crippen molar-refractivity contribution in [2.24, 2.45) is 11.7 Å². The van der Waals surface area contributed by atoms with Gasteiger partial charge in [-0.05, 0) is 31.6 Å². The lowest BCUT2D eigenvalue weighted by Crippen LogP contribution is -2.57. The van der Waals surface area contributed by atoms with Gasteiger partial charge in [-0.1, -0.05) is 13.3 Å². The lowest BCUT2D eigenvalue weighted by Gasteiger charge is -2.35. The van der Waals surface area contributed by atoms with Crippen molar-refractivity contribution < 1.29 is 9.53 Å². The fraction of sp³-hybridized carbons (Fsp3) is 0.923. The number of likely N-dealkylation sites (tertiary alicyclic amines) is 1. The third-order valence-electron chi connectivity index (χ3n) is 4.08. The second-order valence-electron chi connectivity index (χ2n) is 5.46. The van der Waals surface area contributed by atoms with Crippen LogP contribution in [0.15, 0.2) is 0 Å². The molecule has 0 saturated carbocycles. The van der Waals surface area contributed by atoms with E-state index < -0.39 is 5.54 Å². The largest absolute Gasteiger partial charge is 0.381 e. The number of nitrogens with two attached hydrogens (primary N) is 1. The van der Waals surface area contributed by atoms with Crippen LogP contribution in [-0.4, -0.2) is 42.6 Å². The standard InChI is InChI=1S/C13H24N2O2/c1-2-3-11-4-7-15(10-11)12(16)13(14)5-8-17-9-6-13/h11H,2-10,14H2,1H3. The maximum atomic E-state index is 12.4. The van der Waals surface area contributed by atoms with Crippen LogP contribution < -0.4 is 5.73 Å². The molecule has 0 radical (unpaired) electrons. The highest BCUT2D eigenvalue weighted by Gasteiger charge is 2.40. The van der Waals surface area contributed by atoms with E-state index in [0.717, 1.165) is 19.5 Å². The molecule has 2 fully saturated rings. The van der Waals surface area contributed by atoms with Gasteiger partial charge in [0.15, 0.2) is 0 Å². The molecule has 1 amide bonds. The third kappa shape index (κ3) is 2.80. The van der Waals surface area contributed by atoms with E-state index in [1.54, 1.807) is 0 Å². The fourth-order valence-electron chi connectivity index (χ4n) is 2.93. The molecule has 2 heterocycles. The van der Waals surface area contributed by atoms with Gasteiger partial charge in [-0.15, -0.1) is 0 Å². The normalized spacial score (nSPS) is 28.4. The zero-order chi connectivity index (χ0) is 12.3. The molecule has 0 aromatic carbocycles. The molecular formula is C13H24N2O2. The van der Waals surface area contributed by atoms with E-state index in [9.17, 15) is 4.79 Å². The Morgan fingerprint density at radius 1 is 1.47 bits per heavy atom. The summed E-state index contributed by atoms with van der Waals surface area (Å²) in [5.41, 5.74) is 5.58. The van der Waals surface area contributed by atoms with Crippen molar-refractivity contribution in [2.75, 3.05) is 26.3 Å². The molecule has 0 aromatic rings. The van der Waals surface area contributed by atoms with E-state index in [4.69, 9.17) is 10.5 Å². The summed E-state index contributed by atoms with van der Waals surface area (Å²) in [6, 6.07) is 0. The van der Waals surface area contributed by atoms with Crippen LogP contribution in [0.3, 0.4) is 0 Å². The van der Waals surface area contributed by atoms with Gasteiger partial charge in [0.2, 0.25) is 5.91 Å². The third-order valence-corrected chi connectivity index (χ3v) is 4.08. The fourth-order valence-corrected chi connectivity index (χ4v) is 2.93. The van der Waals surface area contributed by atoms with Crippen molar-refractivity contribution in [3.8, 4) is 0 Å². The van der Waals surface area contributed by atoms with Crippen LogP contribution in [0.25, 0.3) is 0 Å². The van der Waals surface area contributed by atoms with E-state index >= 15 is 0 Å². The first-order valence-electron chi connectivity index (χ1n) is 6.82. The summed E-state index contributed by atoms with van der Waals surface area (Å²) in [6.07, 6.45) is 4.91. The van der Waals surface area contributed by atoms with Crippen molar-refractivity contribution in [3.63, 3.8) is 0 Å². The average Bonchev–Trinajstić information content (AvgIpc) is 2.78. The van der Waals surface area contributed by atoms with Gasteiger partial charge in [-0.2, -0.15) is 0 Å². The molecule has 2 saturated heterocycles. The number of hydrogen-bond donors (Lipinski definition) is 1. The van der Waals surface area contributed by atoms with Crippen molar-refractivity contribution in [1.82, 2.24) is 4.90 Å². The number of carbonyl (C=O) groups is 1. The van der Waals surface area contributed by atoms with E-state index in [1.807, 2.05) is 4.90 Å². The second-order valence-corrected chi connectivity index (χ2v) is 5.46. The molecule has 2 N–H and O–H groups in total. The highest BCUT2D eigenvalue weighted by Crippen LogP contribution is 2.26. The first-order valence-corrected chi connectivity index (χ1v) is 6.82. The van der Waals surface area contributed by atoms with Crippen LogP contribution in [-0.2, 0) is 9.53 Å². The summed E-state index contributed by atoms with van der Waals surface area (Å²) in [5, 5.41) is 0. The van der Waals surface area contributed by atoms with Gasteiger partial charge in [0.05, 0.1) is 5.54 Å². The molecule has 2 aliphatic rings. The Kier molecular flexibility index (Phi) is 4.05. The molecule has 2 rings (SSSR count). The lowest BCUT2D eigenvalue weighted by atomic mass is 9.90. The van der Waals surface area contributed by atoms with Gasteiger partial charge in [-0.3, -0.25) is 4.79 Å². The van der Waals surface area contributed by atoms with Crippen molar-refractivity contribution in [1.29, 1.82) is 0 Å². The number of ether oxygens (including phenoxy) is 1. The van der Waals surface area contributed by atoms with E-state index in [0.29, 0.717) is 32.0 Å². The van der Waals surface area contributed by atoms with Crippen LogP contribution in [0.4, 0.5) is 0 Å². The molecule has 17 heavy (non-hydrogen) atoms. The van der Waals surface area contributed by atoms with Crippen molar-refractivity contribution in [3.05, 3.63) is 0 Å². The van der Waals surface area contributed by atoms with Crippen molar-refractivity contribution in [2.45, 2.75) is 44.6 Å². The van der Waals surface area contributed by atoms with Gasteiger partial charge < -0.3 is 15.4 Å². The first-order chi connectivity index (χ1) is 8.15. The quantitative estimate of drug-likeness (QED) is 0.805. The molecule has 0 aliphatic carbocycles. The maximum absolute atomic E-state index is 12.4. The van der Waals surface area contributed by atoms with E-state index in [-0.39, 0.29) is 5.91 Å². The molecule has 1 atom stereocenters. The highest BCUT2D eigenvalue weighted by molar-refractivity contribution is 5.86. The van der Waals surface area contributed by atoms with Gasteiger partial charge in [-0.25, -0.2) is 0 Å². The number of nitrogens with zero attached hydrogens (tertiary/aromatic N) is 1. The summed E-state index contributed by atoms with van der Waals surface area (Å²) >= 11 is 0. The molecule has 0 spiro atoms. The SMILES string of the molecule is CCCC1CCN(C(=O)C2(N)CCOCC2)C1. The molecule has 4 nitrogen and oxygen atoms in total. The monoisotopic (exact) mass is 240 g/mol. The Morgan fingerprint density at radius 2 is 2.18 bits per heavy atom. The maximum Gasteiger partial charge on any atom is 0.242 e. The molecule has 0 bridgehead atoms. The predicted octanol–water partition coefficient (Wildman–Crippen LogP) is 1.14. The minimum atomic E-state index is -0.653. The number of hydrogen-bond acceptors (Lipinski definition) is 3. The number of carbonyl (C=O) groups excluding carboxylic acids is 1. The summed E-state index contributed by atoms with van der Waals surface area (Å²) in [7, 11) is 0. The summed E-state index contributed by atoms with van der Waals surface area (Å²) < 4.78 is 5.29. The molecule has 1 unspecified atom stereocenters. The minimum Gasteiger partial charge on any atom is -0.381 e. The van der Waals surface area contributed by atoms with Crippen LogP contribution in [0.5, 0.6) is 0 Å². The molecule has 4 heteroatoms. The van der Waals surface area contributed by atoms with Gasteiger partial charge >= 0.3 is 0 Å². The molecule has 0 aromatic heterocycles. The molecular weight excluding hydrogens is 216 g/mol. The Morgan fingerprint density at radius 3 is 2.82 bits per heavy atom. The zero-order valence-electron chi connectivity index (χ0n) is 10.8. The minimum absolute atomic E-state index is 0.152. The second kappa shape index (κ2) is 5.36. The Labute approximate surface area is 103 Å². The van der Waals surface area contributed by atoms with Gasteiger partial charge in [0, 0.05) is 26.3 Å². The van der Waals surface area contributed by atoms with Crippen LogP contribution in [0.1, 0.15) is 39.0 Å². The van der Waals surface area contributed by atoms with Crippen molar-refractivity contribution >= 4 is 5.91 Å². The lowest BCUT2D eigenvalue weighted by molar-refractivity contribution is -0.139. The van der Waals surface area contributed by atoms with Crippen LogP contribution >= 0.6 is 0 Å². The predicted molar refractivity (Wildman–Crippen MR) is 66.6 cm³/mol. The zero-order valence-corrected chi connectivity index (χ0v) is 10.8. The smallest absolute Gasteiger partial charge is 0.242 e. The van der Waals surface area contributed by atoms with Gasteiger partial charge in [0.1, 0.15) is 0 Å². The molecule has 98 valence electrons. The topological polar surface area (TPSA) is 55.6 Å². The van der Waals surface area contributed by atoms with E-state index in [1.165, 1.54) is 12.8 Å². The summed E-state index contributed by atoms with van der Waals surface area (Å²) in [4.78, 5) is 14.4. The number of rotatable bonds is 3.